The molecule has 10 nitrogen and oxygen atoms in total. The van der Waals surface area contributed by atoms with E-state index in [1.54, 1.807) is 36.4 Å². The second-order valence-corrected chi connectivity index (χ2v) is 9.18. The largest absolute Gasteiger partial charge is 0.508 e. The van der Waals surface area contributed by atoms with Crippen LogP contribution in [0.4, 0.5) is 5.69 Å². The van der Waals surface area contributed by atoms with E-state index in [4.69, 9.17) is 15.3 Å². The van der Waals surface area contributed by atoms with Crippen molar-refractivity contribution in [2.75, 3.05) is 5.32 Å². The van der Waals surface area contributed by atoms with E-state index in [0.717, 1.165) is 0 Å². The van der Waals surface area contributed by atoms with Crippen LogP contribution in [0.1, 0.15) is 26.3 Å². The summed E-state index contributed by atoms with van der Waals surface area (Å²) in [5, 5.41) is 32.2. The zero-order valence-corrected chi connectivity index (χ0v) is 20.8. The number of nitrogens with one attached hydrogen (secondary N) is 1. The van der Waals surface area contributed by atoms with Crippen molar-refractivity contribution in [3.8, 4) is 28.2 Å². The highest BCUT2D eigenvalue weighted by Gasteiger charge is 2.23. The first-order valence-corrected chi connectivity index (χ1v) is 12.1. The van der Waals surface area contributed by atoms with Crippen LogP contribution in [-0.2, 0) is 11.2 Å². The van der Waals surface area contributed by atoms with Gasteiger partial charge < -0.3 is 30.8 Å². The van der Waals surface area contributed by atoms with Crippen LogP contribution in [-0.4, -0.2) is 39.2 Å². The molecule has 0 aromatic heterocycles. The van der Waals surface area contributed by atoms with Crippen molar-refractivity contribution < 1.29 is 34.1 Å². The first-order chi connectivity index (χ1) is 19.1. The number of carbonyl (C=O) groups excluding carboxylic acids is 1. The lowest BCUT2D eigenvalue weighted by molar-refractivity contribution is -0.138. The number of amides is 1. The highest BCUT2D eigenvalue weighted by atomic mass is 16.4. The molecule has 1 atom stereocenters. The molecule has 40 heavy (non-hydrogen) atoms. The third kappa shape index (κ3) is 5.11. The molecule has 0 saturated carbocycles. The van der Waals surface area contributed by atoms with E-state index in [-0.39, 0.29) is 40.1 Å². The van der Waals surface area contributed by atoms with Gasteiger partial charge in [-0.2, -0.15) is 0 Å². The normalized spacial score (nSPS) is 11.8. The predicted octanol–water partition coefficient (Wildman–Crippen LogP) is 4.18. The van der Waals surface area contributed by atoms with Gasteiger partial charge in [0.05, 0.1) is 5.56 Å². The lowest BCUT2D eigenvalue weighted by Crippen LogP contribution is -2.32. The summed E-state index contributed by atoms with van der Waals surface area (Å²) in [7, 11) is 0. The fourth-order valence-electron chi connectivity index (χ4n) is 4.50. The first kappa shape index (κ1) is 26.1. The topological polar surface area (TPSA) is 180 Å². The molecule has 0 unspecified atom stereocenters. The average Bonchev–Trinajstić information content (AvgIpc) is 2.92. The Kier molecular flexibility index (Phi) is 6.76. The Balaban J connectivity index is 1.53. The number of carboxylic acids is 2. The van der Waals surface area contributed by atoms with Crippen LogP contribution in [0.2, 0.25) is 0 Å². The summed E-state index contributed by atoms with van der Waals surface area (Å²) in [6.45, 7) is 0. The first-order valence-electron chi connectivity index (χ1n) is 12.1. The van der Waals surface area contributed by atoms with Gasteiger partial charge in [0.1, 0.15) is 23.1 Å². The van der Waals surface area contributed by atoms with Gasteiger partial charge in [0.2, 0.25) is 0 Å². The molecule has 3 aromatic carbocycles. The molecule has 0 bridgehead atoms. The Morgan fingerprint density at radius 2 is 1.60 bits per heavy atom. The van der Waals surface area contributed by atoms with E-state index in [0.29, 0.717) is 33.3 Å². The molecule has 0 fully saturated rings. The summed E-state index contributed by atoms with van der Waals surface area (Å²) in [5.41, 5.74) is 7.79. The molecule has 1 aliphatic carbocycles. The van der Waals surface area contributed by atoms with E-state index < -0.39 is 23.9 Å². The minimum absolute atomic E-state index is 0.0666. The number of rotatable bonds is 7. The zero-order valence-electron chi connectivity index (χ0n) is 20.8. The fraction of sp³-hybridized carbons (Fsp3) is 0.0667. The number of fused-ring (bicyclic) bond motifs is 2. The van der Waals surface area contributed by atoms with Crippen molar-refractivity contribution in [3.63, 3.8) is 0 Å². The number of aromatic hydroxyl groups is 1. The summed E-state index contributed by atoms with van der Waals surface area (Å²) in [6, 6.07) is 18.3. The number of hydrogen-bond acceptors (Lipinski definition) is 7. The van der Waals surface area contributed by atoms with Crippen molar-refractivity contribution in [2.24, 2.45) is 5.73 Å². The molecule has 10 heteroatoms. The van der Waals surface area contributed by atoms with Crippen molar-refractivity contribution in [1.29, 1.82) is 0 Å². The molecule has 3 aromatic rings. The Morgan fingerprint density at radius 1 is 0.875 bits per heavy atom. The van der Waals surface area contributed by atoms with Gasteiger partial charge in [0.25, 0.3) is 5.91 Å². The molecule has 1 amide bonds. The SMILES string of the molecule is N[C@@H](Cc1ccc(NC(=O)c2ccc(-c3c4ccc(=O)cc-4oc4cc(O)ccc34)c(C(=O)O)c2)cc1)C(=O)O. The Bertz CT molecular complexity index is 1820. The van der Waals surface area contributed by atoms with Crippen LogP contribution in [0.15, 0.2) is 88.1 Å². The molecule has 1 heterocycles. The molecule has 5 rings (SSSR count). The second-order valence-electron chi connectivity index (χ2n) is 9.18. The summed E-state index contributed by atoms with van der Waals surface area (Å²) in [6.07, 6.45) is 0.124. The maximum absolute atomic E-state index is 13.0. The molecular weight excluding hydrogens is 516 g/mol. The zero-order chi connectivity index (χ0) is 28.6. The van der Waals surface area contributed by atoms with Crippen LogP contribution in [0.5, 0.6) is 5.75 Å². The van der Waals surface area contributed by atoms with Gasteiger partial charge in [-0.15, -0.1) is 0 Å². The lowest BCUT2D eigenvalue weighted by Gasteiger charge is -2.17. The molecule has 0 radical (unpaired) electrons. The minimum atomic E-state index is -1.27. The highest BCUT2D eigenvalue weighted by molar-refractivity contribution is 6.10. The number of nitrogens with two attached hydrogens (primary N) is 1. The summed E-state index contributed by atoms with van der Waals surface area (Å²) < 4.78 is 5.83. The van der Waals surface area contributed by atoms with E-state index in [2.05, 4.69) is 5.32 Å². The molecule has 0 spiro atoms. The minimum Gasteiger partial charge on any atom is -0.508 e. The molecule has 6 N–H and O–H groups in total. The lowest BCUT2D eigenvalue weighted by atomic mass is 9.90. The fourth-order valence-corrected chi connectivity index (χ4v) is 4.50. The third-order valence-corrected chi connectivity index (χ3v) is 6.44. The van der Waals surface area contributed by atoms with Crippen LogP contribution < -0.4 is 16.5 Å². The van der Waals surface area contributed by atoms with Crippen molar-refractivity contribution >= 4 is 34.5 Å². The molecular formula is C30H22N2O8. The van der Waals surface area contributed by atoms with Crippen LogP contribution >= 0.6 is 0 Å². The molecule has 2 aliphatic rings. The van der Waals surface area contributed by atoms with Crippen LogP contribution in [0.25, 0.3) is 33.4 Å². The number of phenols is 1. The summed E-state index contributed by atoms with van der Waals surface area (Å²) in [5.74, 6) is -2.79. The quantitative estimate of drug-likeness (QED) is 0.190. The van der Waals surface area contributed by atoms with Crippen molar-refractivity contribution in [1.82, 2.24) is 0 Å². The molecule has 200 valence electrons. The summed E-state index contributed by atoms with van der Waals surface area (Å²) in [4.78, 5) is 48.4. The van der Waals surface area contributed by atoms with Gasteiger partial charge in [0.15, 0.2) is 5.43 Å². The number of phenolic OH excluding ortho intramolecular Hbond substituents is 1. The highest BCUT2D eigenvalue weighted by Crippen LogP contribution is 2.42. The third-order valence-electron chi connectivity index (χ3n) is 6.44. The van der Waals surface area contributed by atoms with Gasteiger partial charge in [-0.05, 0) is 66.1 Å². The number of aromatic carboxylic acids is 1. The number of benzene rings is 4. The smallest absolute Gasteiger partial charge is 0.336 e. The van der Waals surface area contributed by atoms with Gasteiger partial charge in [-0.25, -0.2) is 4.79 Å². The Labute approximate surface area is 226 Å². The average molecular weight is 539 g/mol. The van der Waals surface area contributed by atoms with Crippen molar-refractivity contribution in [2.45, 2.75) is 12.5 Å². The van der Waals surface area contributed by atoms with Gasteiger partial charge >= 0.3 is 11.9 Å². The van der Waals surface area contributed by atoms with E-state index >= 15 is 0 Å². The number of hydrogen-bond donors (Lipinski definition) is 5. The number of carboxylic acid groups (broad SMARTS) is 2. The predicted molar refractivity (Wildman–Crippen MR) is 147 cm³/mol. The van der Waals surface area contributed by atoms with Crippen LogP contribution in [0.3, 0.4) is 0 Å². The maximum atomic E-state index is 13.0. The van der Waals surface area contributed by atoms with Crippen LogP contribution in [0, 0.1) is 0 Å². The Hall–Kier alpha value is -5.48. The monoisotopic (exact) mass is 538 g/mol. The molecule has 1 aliphatic heterocycles. The van der Waals surface area contributed by atoms with Gasteiger partial charge in [0, 0.05) is 39.9 Å². The van der Waals surface area contributed by atoms with E-state index in [1.807, 2.05) is 0 Å². The maximum Gasteiger partial charge on any atom is 0.336 e. The van der Waals surface area contributed by atoms with Gasteiger partial charge in [-0.1, -0.05) is 18.2 Å². The number of aliphatic carboxylic acids is 1. The van der Waals surface area contributed by atoms with E-state index in [1.165, 1.54) is 42.5 Å². The Morgan fingerprint density at radius 3 is 2.30 bits per heavy atom. The van der Waals surface area contributed by atoms with Crippen molar-refractivity contribution in [3.05, 3.63) is 106 Å². The summed E-state index contributed by atoms with van der Waals surface area (Å²) >= 11 is 0. The van der Waals surface area contributed by atoms with Gasteiger partial charge in [-0.3, -0.25) is 14.4 Å². The number of anilines is 1. The van der Waals surface area contributed by atoms with E-state index in [9.17, 15) is 29.4 Å². The molecule has 0 saturated heterocycles. The standard InChI is InChI=1S/C30H22N2O8/c31-24(30(38)39)11-15-1-4-17(5-2-15)32-28(35)16-3-8-20(23(12-16)29(36)37)27-21-9-6-18(33)13-25(21)40-26-14-19(34)7-10-22(26)27/h1-10,12-14,24,33H,11,31H2,(H,32,35)(H,36,37)(H,38,39)/t24-/m0/s1. The second kappa shape index (κ2) is 10.4. The number of carbonyl (C=O) groups is 3.